The van der Waals surface area contributed by atoms with E-state index >= 15 is 0 Å². The molecule has 2 aromatic rings. The van der Waals surface area contributed by atoms with Gasteiger partial charge in [0.05, 0.1) is 0 Å². The van der Waals surface area contributed by atoms with Crippen molar-refractivity contribution in [3.05, 3.63) is 70.8 Å². The molecule has 0 aromatic heterocycles. The summed E-state index contributed by atoms with van der Waals surface area (Å²) in [5.41, 5.74) is 3.97. The van der Waals surface area contributed by atoms with Crippen LogP contribution in [0.4, 0.5) is 0 Å². The Bertz CT molecular complexity index is 978. The molecule has 3 amide bonds. The van der Waals surface area contributed by atoms with Crippen LogP contribution in [0.5, 0.6) is 0 Å². The number of benzene rings is 2. The predicted molar refractivity (Wildman–Crippen MR) is 118 cm³/mol. The summed E-state index contributed by atoms with van der Waals surface area (Å²) >= 11 is 0. The number of rotatable bonds is 4. The molecule has 0 aliphatic carbocycles. The van der Waals surface area contributed by atoms with Gasteiger partial charge in [-0.1, -0.05) is 47.5 Å². The number of carbonyl (C=O) groups excluding carboxylic acids is 3. The topological polar surface area (TPSA) is 60.9 Å². The lowest BCUT2D eigenvalue weighted by Crippen LogP contribution is -2.59. The average molecular weight is 420 g/mol. The minimum absolute atomic E-state index is 0.0135. The Morgan fingerprint density at radius 3 is 2.26 bits per heavy atom. The first-order valence-electron chi connectivity index (χ1n) is 10.9. The van der Waals surface area contributed by atoms with Crippen molar-refractivity contribution in [2.45, 2.75) is 39.3 Å². The fourth-order valence-corrected chi connectivity index (χ4v) is 4.44. The summed E-state index contributed by atoms with van der Waals surface area (Å²) in [6.07, 6.45) is 1.41. The minimum Gasteiger partial charge on any atom is -0.338 e. The van der Waals surface area contributed by atoms with Gasteiger partial charge in [0, 0.05) is 44.3 Å². The highest BCUT2D eigenvalue weighted by Crippen LogP contribution is 2.22. The second-order valence-electron chi connectivity index (χ2n) is 8.60. The highest BCUT2D eigenvalue weighted by atomic mass is 16.2. The molecule has 162 valence electrons. The van der Waals surface area contributed by atoms with Crippen LogP contribution < -0.4 is 0 Å². The van der Waals surface area contributed by atoms with Crippen molar-refractivity contribution in [2.24, 2.45) is 0 Å². The Morgan fingerprint density at radius 1 is 0.871 bits per heavy atom. The van der Waals surface area contributed by atoms with Gasteiger partial charge in [-0.3, -0.25) is 14.4 Å². The van der Waals surface area contributed by atoms with Crippen LogP contribution in [0.2, 0.25) is 0 Å². The zero-order chi connectivity index (χ0) is 22.0. The van der Waals surface area contributed by atoms with Gasteiger partial charge in [-0.15, -0.1) is 0 Å². The molecule has 2 aromatic carbocycles. The molecule has 0 spiro atoms. The van der Waals surface area contributed by atoms with E-state index in [0.29, 0.717) is 51.1 Å². The van der Waals surface area contributed by atoms with Crippen molar-refractivity contribution in [1.29, 1.82) is 0 Å². The number of likely N-dealkylation sites (tertiary alicyclic amines) is 1. The van der Waals surface area contributed by atoms with Crippen LogP contribution in [0, 0.1) is 13.8 Å². The van der Waals surface area contributed by atoms with E-state index in [1.165, 1.54) is 5.56 Å². The fraction of sp³-hybridized carbons (Fsp3) is 0.400. The van der Waals surface area contributed by atoms with Crippen molar-refractivity contribution in [3.63, 3.8) is 0 Å². The Labute approximate surface area is 183 Å². The Morgan fingerprint density at radius 2 is 1.58 bits per heavy atom. The molecule has 0 atom stereocenters. The molecule has 2 aliphatic heterocycles. The Hall–Kier alpha value is -3.15. The molecule has 6 heteroatoms. The van der Waals surface area contributed by atoms with E-state index < -0.39 is 11.8 Å². The smallest absolute Gasteiger partial charge is 0.312 e. The first-order chi connectivity index (χ1) is 14.9. The number of piperidine rings is 1. The van der Waals surface area contributed by atoms with Crippen LogP contribution in [-0.2, 0) is 16.1 Å². The third-order valence-corrected chi connectivity index (χ3v) is 6.29. The normalized spacial score (nSPS) is 17.9. The van der Waals surface area contributed by atoms with Crippen LogP contribution in [0.15, 0.2) is 48.5 Å². The number of aryl methyl sites for hydroxylation is 2. The van der Waals surface area contributed by atoms with Gasteiger partial charge in [0.25, 0.3) is 5.91 Å². The lowest BCUT2D eigenvalue weighted by atomic mass is 10.0. The monoisotopic (exact) mass is 419 g/mol. The highest BCUT2D eigenvalue weighted by molar-refractivity contribution is 6.35. The number of hydrogen-bond donors (Lipinski definition) is 0. The molecule has 2 aliphatic rings. The predicted octanol–water partition coefficient (Wildman–Crippen LogP) is 2.78. The molecule has 0 bridgehead atoms. The van der Waals surface area contributed by atoms with Gasteiger partial charge < -0.3 is 14.7 Å². The molecule has 0 radical (unpaired) electrons. The van der Waals surface area contributed by atoms with E-state index in [9.17, 15) is 14.4 Å². The number of carbonyl (C=O) groups is 3. The number of hydrogen-bond acceptors (Lipinski definition) is 3. The molecule has 0 unspecified atom stereocenters. The first-order valence-corrected chi connectivity index (χ1v) is 10.9. The van der Waals surface area contributed by atoms with Gasteiger partial charge in [0.1, 0.15) is 0 Å². The largest absolute Gasteiger partial charge is 0.338 e. The summed E-state index contributed by atoms with van der Waals surface area (Å²) in [6.45, 7) is 6.75. The molecule has 6 nitrogen and oxygen atoms in total. The molecule has 4 rings (SSSR count). The standard InChI is InChI=1S/C25H29N3O3/c1-18-6-8-20(9-7-18)17-27-14-15-28(25(31)24(27)30)22-10-12-26(13-11-22)23(29)21-5-3-4-19(2)16-21/h3-9,16,22H,10-15,17H2,1-2H3. The molecule has 0 saturated carbocycles. The number of amides is 3. The molecular formula is C25H29N3O3. The Balaban J connectivity index is 1.33. The lowest BCUT2D eigenvalue weighted by Gasteiger charge is -2.42. The lowest BCUT2D eigenvalue weighted by molar-refractivity contribution is -0.158. The van der Waals surface area contributed by atoms with Gasteiger partial charge in [-0.05, 0) is 44.4 Å². The maximum Gasteiger partial charge on any atom is 0.312 e. The summed E-state index contributed by atoms with van der Waals surface area (Å²) in [5.74, 6) is -0.806. The van der Waals surface area contributed by atoms with Crippen molar-refractivity contribution < 1.29 is 14.4 Å². The van der Waals surface area contributed by atoms with Crippen LogP contribution in [0.25, 0.3) is 0 Å². The van der Waals surface area contributed by atoms with Crippen LogP contribution in [-0.4, -0.2) is 64.6 Å². The van der Waals surface area contributed by atoms with E-state index in [4.69, 9.17) is 0 Å². The average Bonchev–Trinajstić information content (AvgIpc) is 2.78. The number of nitrogens with zero attached hydrogens (tertiary/aromatic N) is 3. The van der Waals surface area contributed by atoms with Crippen molar-refractivity contribution >= 4 is 17.7 Å². The highest BCUT2D eigenvalue weighted by Gasteiger charge is 2.38. The summed E-state index contributed by atoms with van der Waals surface area (Å²) in [5, 5.41) is 0. The van der Waals surface area contributed by atoms with E-state index in [1.807, 2.05) is 67.3 Å². The first kappa shape index (κ1) is 21.1. The summed E-state index contributed by atoms with van der Waals surface area (Å²) < 4.78 is 0. The molecule has 2 heterocycles. The van der Waals surface area contributed by atoms with E-state index in [2.05, 4.69) is 0 Å². The molecule has 2 saturated heterocycles. The SMILES string of the molecule is Cc1ccc(CN2CCN(C3CCN(C(=O)c4cccc(C)c4)CC3)C(=O)C2=O)cc1. The van der Waals surface area contributed by atoms with Crippen molar-refractivity contribution in [3.8, 4) is 0 Å². The van der Waals surface area contributed by atoms with Gasteiger partial charge >= 0.3 is 11.8 Å². The maximum atomic E-state index is 12.8. The minimum atomic E-state index is -0.426. The van der Waals surface area contributed by atoms with Gasteiger partial charge in [-0.2, -0.15) is 0 Å². The van der Waals surface area contributed by atoms with Crippen LogP contribution in [0.1, 0.15) is 39.9 Å². The van der Waals surface area contributed by atoms with Crippen molar-refractivity contribution in [1.82, 2.24) is 14.7 Å². The van der Waals surface area contributed by atoms with Gasteiger partial charge in [-0.25, -0.2) is 0 Å². The molecule has 31 heavy (non-hydrogen) atoms. The second-order valence-corrected chi connectivity index (χ2v) is 8.60. The number of piperazine rings is 1. The summed E-state index contributed by atoms with van der Waals surface area (Å²) in [7, 11) is 0. The molecule has 0 N–H and O–H groups in total. The van der Waals surface area contributed by atoms with E-state index in [-0.39, 0.29) is 11.9 Å². The summed E-state index contributed by atoms with van der Waals surface area (Å²) in [4.78, 5) is 43.5. The fourth-order valence-electron chi connectivity index (χ4n) is 4.44. The van der Waals surface area contributed by atoms with Crippen molar-refractivity contribution in [2.75, 3.05) is 26.2 Å². The van der Waals surface area contributed by atoms with E-state index in [0.717, 1.165) is 11.1 Å². The Kier molecular flexibility index (Phi) is 6.07. The zero-order valence-corrected chi connectivity index (χ0v) is 18.2. The zero-order valence-electron chi connectivity index (χ0n) is 18.2. The summed E-state index contributed by atoms with van der Waals surface area (Å²) in [6, 6.07) is 15.7. The third-order valence-electron chi connectivity index (χ3n) is 6.29. The quantitative estimate of drug-likeness (QED) is 0.716. The van der Waals surface area contributed by atoms with E-state index in [1.54, 1.807) is 9.80 Å². The second kappa shape index (κ2) is 8.92. The van der Waals surface area contributed by atoms with Gasteiger partial charge in [0.2, 0.25) is 0 Å². The van der Waals surface area contributed by atoms with Gasteiger partial charge in [0.15, 0.2) is 0 Å². The molecule has 2 fully saturated rings. The van der Waals surface area contributed by atoms with Crippen LogP contribution in [0.3, 0.4) is 0 Å². The maximum absolute atomic E-state index is 12.8. The van der Waals surface area contributed by atoms with Crippen LogP contribution >= 0.6 is 0 Å². The third kappa shape index (κ3) is 4.63. The molecular weight excluding hydrogens is 390 g/mol.